The number of hydrogen-bond donors (Lipinski definition) is 1. The van der Waals surface area contributed by atoms with Crippen molar-refractivity contribution in [2.45, 2.75) is 12.8 Å². The molecule has 0 bridgehead atoms. The third kappa shape index (κ3) is 6.24. The molecule has 1 N–H and O–H groups in total. The van der Waals surface area contributed by atoms with Gasteiger partial charge in [0.2, 0.25) is 0 Å². The SMILES string of the molecule is CS(=O)(=O)CCCc1ccc(OCC(=O)O)cc1. The number of aryl methyl sites for hydroxylation is 1. The molecule has 6 heteroatoms. The molecule has 0 aliphatic carbocycles. The molecule has 1 aromatic rings. The largest absolute Gasteiger partial charge is 0.482 e. The highest BCUT2D eigenvalue weighted by molar-refractivity contribution is 7.90. The van der Waals surface area contributed by atoms with E-state index in [1.165, 1.54) is 6.26 Å². The smallest absolute Gasteiger partial charge is 0.341 e. The van der Waals surface area contributed by atoms with Gasteiger partial charge < -0.3 is 9.84 Å². The Bertz CT molecular complexity index is 490. The molecule has 18 heavy (non-hydrogen) atoms. The standard InChI is InChI=1S/C12H16O5S/c1-18(15,16)8-2-3-10-4-6-11(7-5-10)17-9-12(13)14/h4-7H,2-3,8-9H2,1H3,(H,13,14). The van der Waals surface area contributed by atoms with E-state index in [1.54, 1.807) is 24.3 Å². The van der Waals surface area contributed by atoms with Gasteiger partial charge in [-0.3, -0.25) is 0 Å². The maximum atomic E-state index is 10.9. The molecule has 0 unspecified atom stereocenters. The second-order valence-electron chi connectivity index (χ2n) is 4.06. The summed E-state index contributed by atoms with van der Waals surface area (Å²) in [5, 5.41) is 8.44. The van der Waals surface area contributed by atoms with E-state index in [9.17, 15) is 13.2 Å². The molecule has 0 aromatic heterocycles. The van der Waals surface area contributed by atoms with Gasteiger partial charge in [0.25, 0.3) is 0 Å². The summed E-state index contributed by atoms with van der Waals surface area (Å²) in [6.45, 7) is -0.368. The van der Waals surface area contributed by atoms with E-state index >= 15 is 0 Å². The van der Waals surface area contributed by atoms with Crippen molar-refractivity contribution < 1.29 is 23.1 Å². The van der Waals surface area contributed by atoms with Crippen LogP contribution < -0.4 is 4.74 Å². The van der Waals surface area contributed by atoms with Crippen molar-refractivity contribution in [1.82, 2.24) is 0 Å². The number of carboxylic acid groups (broad SMARTS) is 1. The summed E-state index contributed by atoms with van der Waals surface area (Å²) in [5.41, 5.74) is 1.00. The van der Waals surface area contributed by atoms with Gasteiger partial charge in [0, 0.05) is 6.26 Å². The Hall–Kier alpha value is -1.56. The van der Waals surface area contributed by atoms with Crippen molar-refractivity contribution in [3.05, 3.63) is 29.8 Å². The zero-order valence-electron chi connectivity index (χ0n) is 10.1. The first kappa shape index (κ1) is 14.5. The van der Waals surface area contributed by atoms with Gasteiger partial charge in [0.15, 0.2) is 6.61 Å². The van der Waals surface area contributed by atoms with Gasteiger partial charge >= 0.3 is 5.97 Å². The Balaban J connectivity index is 2.43. The molecule has 5 nitrogen and oxygen atoms in total. The van der Waals surface area contributed by atoms with Crippen LogP contribution in [0.5, 0.6) is 5.75 Å². The summed E-state index contributed by atoms with van der Waals surface area (Å²) in [4.78, 5) is 10.3. The average Bonchev–Trinajstić information content (AvgIpc) is 2.26. The molecule has 0 spiro atoms. The van der Waals surface area contributed by atoms with Gasteiger partial charge in [-0.2, -0.15) is 0 Å². The maximum absolute atomic E-state index is 10.9. The lowest BCUT2D eigenvalue weighted by molar-refractivity contribution is -0.139. The Morgan fingerprint density at radius 3 is 2.39 bits per heavy atom. The molecule has 100 valence electrons. The van der Waals surface area contributed by atoms with Crippen LogP contribution in [0.4, 0.5) is 0 Å². The second-order valence-corrected chi connectivity index (χ2v) is 6.32. The van der Waals surface area contributed by atoms with Gasteiger partial charge in [-0.25, -0.2) is 13.2 Å². The fraction of sp³-hybridized carbons (Fsp3) is 0.417. The van der Waals surface area contributed by atoms with E-state index in [0.29, 0.717) is 18.6 Å². The first-order chi connectivity index (χ1) is 8.37. The summed E-state index contributed by atoms with van der Waals surface area (Å²) < 4.78 is 26.9. The van der Waals surface area contributed by atoms with E-state index in [1.807, 2.05) is 0 Å². The number of rotatable bonds is 7. The predicted octanol–water partition coefficient (Wildman–Crippen LogP) is 1.13. The monoisotopic (exact) mass is 272 g/mol. The predicted molar refractivity (Wildman–Crippen MR) is 67.6 cm³/mol. The summed E-state index contributed by atoms with van der Waals surface area (Å²) in [6.07, 6.45) is 2.47. The minimum absolute atomic E-state index is 0.171. The minimum Gasteiger partial charge on any atom is -0.482 e. The lowest BCUT2D eigenvalue weighted by atomic mass is 10.1. The second kappa shape index (κ2) is 6.39. The topological polar surface area (TPSA) is 80.7 Å². The molecule has 0 saturated heterocycles. The quantitative estimate of drug-likeness (QED) is 0.804. The highest BCUT2D eigenvalue weighted by Gasteiger charge is 2.03. The van der Waals surface area contributed by atoms with Crippen LogP contribution in [0.25, 0.3) is 0 Å². The number of hydrogen-bond acceptors (Lipinski definition) is 4. The molecule has 0 radical (unpaired) electrons. The third-order valence-electron chi connectivity index (χ3n) is 2.27. The molecule has 0 fully saturated rings. The zero-order chi connectivity index (χ0) is 13.6. The molecule has 0 atom stereocenters. The normalized spacial score (nSPS) is 11.2. The van der Waals surface area contributed by atoms with Crippen LogP contribution in [0.15, 0.2) is 24.3 Å². The Morgan fingerprint density at radius 2 is 1.89 bits per heavy atom. The van der Waals surface area contributed by atoms with E-state index in [2.05, 4.69) is 0 Å². The lowest BCUT2D eigenvalue weighted by Gasteiger charge is -2.05. The summed E-state index contributed by atoms with van der Waals surface area (Å²) in [6, 6.07) is 6.97. The fourth-order valence-electron chi connectivity index (χ4n) is 1.44. The molecule has 1 rings (SSSR count). The van der Waals surface area contributed by atoms with E-state index in [0.717, 1.165) is 5.56 Å². The van der Waals surface area contributed by atoms with Crippen LogP contribution in [0.2, 0.25) is 0 Å². The summed E-state index contributed by atoms with van der Waals surface area (Å²) in [5.74, 6) is -0.360. The first-order valence-electron chi connectivity index (χ1n) is 5.48. The van der Waals surface area contributed by atoms with E-state index < -0.39 is 15.8 Å². The number of ether oxygens (including phenoxy) is 1. The van der Waals surface area contributed by atoms with Crippen LogP contribution in [0.1, 0.15) is 12.0 Å². The Kier molecular flexibility index (Phi) is 5.15. The number of aliphatic carboxylic acids is 1. The van der Waals surface area contributed by atoms with Crippen molar-refractivity contribution in [1.29, 1.82) is 0 Å². The highest BCUT2D eigenvalue weighted by Crippen LogP contribution is 2.13. The van der Waals surface area contributed by atoms with Gasteiger partial charge in [0.1, 0.15) is 15.6 Å². The van der Waals surface area contributed by atoms with Gasteiger partial charge in [-0.05, 0) is 30.5 Å². The number of sulfone groups is 1. The molecule has 0 amide bonds. The van der Waals surface area contributed by atoms with Crippen molar-refractivity contribution in [2.75, 3.05) is 18.6 Å². The van der Waals surface area contributed by atoms with Crippen LogP contribution >= 0.6 is 0 Å². The van der Waals surface area contributed by atoms with Crippen LogP contribution in [-0.4, -0.2) is 38.1 Å². The lowest BCUT2D eigenvalue weighted by Crippen LogP contribution is -2.09. The Labute approximate surface area is 106 Å². The van der Waals surface area contributed by atoms with Crippen LogP contribution in [0.3, 0.4) is 0 Å². The summed E-state index contributed by atoms with van der Waals surface area (Å²) in [7, 11) is -2.91. The van der Waals surface area contributed by atoms with Crippen molar-refractivity contribution >= 4 is 15.8 Å². The average molecular weight is 272 g/mol. The zero-order valence-corrected chi connectivity index (χ0v) is 10.9. The van der Waals surface area contributed by atoms with Crippen molar-refractivity contribution in [2.24, 2.45) is 0 Å². The minimum atomic E-state index is -2.91. The van der Waals surface area contributed by atoms with Gasteiger partial charge in [0.05, 0.1) is 5.75 Å². The molecular weight excluding hydrogens is 256 g/mol. The van der Waals surface area contributed by atoms with Crippen molar-refractivity contribution in [3.8, 4) is 5.75 Å². The maximum Gasteiger partial charge on any atom is 0.341 e. The number of carbonyl (C=O) groups is 1. The summed E-state index contributed by atoms with van der Waals surface area (Å²) >= 11 is 0. The van der Waals surface area contributed by atoms with Crippen molar-refractivity contribution in [3.63, 3.8) is 0 Å². The first-order valence-corrected chi connectivity index (χ1v) is 7.54. The highest BCUT2D eigenvalue weighted by atomic mass is 32.2. The number of carboxylic acids is 1. The molecule has 0 heterocycles. The van der Waals surface area contributed by atoms with Gasteiger partial charge in [-0.15, -0.1) is 0 Å². The molecule has 1 aromatic carbocycles. The van der Waals surface area contributed by atoms with Gasteiger partial charge in [-0.1, -0.05) is 12.1 Å². The van der Waals surface area contributed by atoms with Crippen LogP contribution in [-0.2, 0) is 21.1 Å². The fourth-order valence-corrected chi connectivity index (χ4v) is 2.10. The third-order valence-corrected chi connectivity index (χ3v) is 3.30. The van der Waals surface area contributed by atoms with E-state index in [4.69, 9.17) is 9.84 Å². The molecule has 0 saturated carbocycles. The van der Waals surface area contributed by atoms with E-state index in [-0.39, 0.29) is 12.4 Å². The molecular formula is C12H16O5S. The molecule has 0 aliphatic rings. The molecule has 0 aliphatic heterocycles. The number of benzene rings is 1. The van der Waals surface area contributed by atoms with Crippen LogP contribution in [0, 0.1) is 0 Å². The Morgan fingerprint density at radius 1 is 1.28 bits per heavy atom.